The van der Waals surface area contributed by atoms with Gasteiger partial charge in [0.25, 0.3) is 0 Å². The van der Waals surface area contributed by atoms with Crippen molar-refractivity contribution >= 4 is 23.4 Å². The summed E-state index contributed by atoms with van der Waals surface area (Å²) >= 11 is 1.27. The van der Waals surface area contributed by atoms with E-state index in [2.05, 4.69) is 15.5 Å². The van der Waals surface area contributed by atoms with Crippen LogP contribution >= 0.6 is 11.8 Å². The Hall–Kier alpha value is -2.02. The van der Waals surface area contributed by atoms with E-state index in [-0.39, 0.29) is 17.6 Å². The number of aryl methyl sites for hydroxylation is 1. The molecule has 0 radical (unpaired) electrons. The van der Waals surface area contributed by atoms with Gasteiger partial charge in [0.1, 0.15) is 0 Å². The van der Waals surface area contributed by atoms with E-state index in [1.807, 2.05) is 45.0 Å². The van der Waals surface area contributed by atoms with Crippen LogP contribution in [0.3, 0.4) is 0 Å². The zero-order valence-electron chi connectivity index (χ0n) is 12.3. The van der Waals surface area contributed by atoms with Crippen molar-refractivity contribution in [3.8, 4) is 0 Å². The number of carbonyl (C=O) groups excluding carboxylic acids is 1. The van der Waals surface area contributed by atoms with Gasteiger partial charge in [0, 0.05) is 11.6 Å². The number of rotatable bonds is 5. The van der Waals surface area contributed by atoms with Crippen LogP contribution in [0, 0.1) is 6.92 Å². The number of nitrogens with one attached hydrogen (secondary N) is 1. The van der Waals surface area contributed by atoms with Gasteiger partial charge >= 0.3 is 0 Å². The van der Waals surface area contributed by atoms with Crippen molar-refractivity contribution in [1.29, 1.82) is 0 Å². The van der Waals surface area contributed by atoms with Crippen LogP contribution in [0.2, 0.25) is 0 Å². The van der Waals surface area contributed by atoms with Crippen LogP contribution < -0.4 is 11.2 Å². The zero-order valence-corrected chi connectivity index (χ0v) is 13.1. The highest BCUT2D eigenvalue weighted by Crippen LogP contribution is 2.19. The number of benzene rings is 1. The van der Waals surface area contributed by atoms with Crippen LogP contribution in [0.4, 0.5) is 5.69 Å². The number of nitrogen functional groups attached to an aromatic ring is 1. The average Bonchev–Trinajstić information content (AvgIpc) is 2.78. The number of thioether (sulfide) groups is 1. The maximum absolute atomic E-state index is 11.9. The van der Waals surface area contributed by atoms with E-state index in [1.165, 1.54) is 16.4 Å². The van der Waals surface area contributed by atoms with Crippen LogP contribution in [0.5, 0.6) is 0 Å². The lowest BCUT2D eigenvalue weighted by atomic mass is 10.2. The first kappa shape index (κ1) is 15.4. The zero-order chi connectivity index (χ0) is 15.4. The van der Waals surface area contributed by atoms with E-state index in [9.17, 15) is 4.79 Å². The minimum absolute atomic E-state index is 0.0975. The van der Waals surface area contributed by atoms with Crippen molar-refractivity contribution in [3.05, 3.63) is 35.7 Å². The lowest BCUT2D eigenvalue weighted by Crippen LogP contribution is -2.17. The monoisotopic (exact) mass is 305 g/mol. The number of carbonyl (C=O) groups is 1. The number of aromatic nitrogens is 3. The molecule has 1 aromatic heterocycles. The van der Waals surface area contributed by atoms with E-state index in [4.69, 9.17) is 5.84 Å². The van der Waals surface area contributed by atoms with Gasteiger partial charge in [-0.15, -0.1) is 10.2 Å². The van der Waals surface area contributed by atoms with E-state index >= 15 is 0 Å². The fourth-order valence-corrected chi connectivity index (χ4v) is 2.49. The summed E-state index contributed by atoms with van der Waals surface area (Å²) in [5, 5.41) is 11.4. The third-order valence-corrected chi connectivity index (χ3v) is 3.78. The second-order valence-corrected chi connectivity index (χ2v) is 6.01. The molecular weight excluding hydrogens is 286 g/mol. The van der Waals surface area contributed by atoms with Crippen LogP contribution in [0.1, 0.15) is 31.2 Å². The van der Waals surface area contributed by atoms with Crippen LogP contribution in [0.25, 0.3) is 0 Å². The molecule has 0 fully saturated rings. The van der Waals surface area contributed by atoms with Crippen LogP contribution in [-0.2, 0) is 4.79 Å². The molecule has 112 valence electrons. The van der Waals surface area contributed by atoms with Crippen molar-refractivity contribution < 1.29 is 4.79 Å². The second-order valence-electron chi connectivity index (χ2n) is 5.07. The van der Waals surface area contributed by atoms with Crippen molar-refractivity contribution in [3.63, 3.8) is 0 Å². The molecule has 2 aromatic rings. The Bertz CT molecular complexity index is 638. The molecule has 2 rings (SSSR count). The average molecular weight is 305 g/mol. The molecule has 1 aromatic carbocycles. The number of hydrogen-bond donors (Lipinski definition) is 2. The molecule has 7 heteroatoms. The minimum Gasteiger partial charge on any atom is -0.336 e. The molecule has 0 saturated carbocycles. The summed E-state index contributed by atoms with van der Waals surface area (Å²) in [5.74, 6) is 6.94. The minimum atomic E-state index is -0.0975. The Morgan fingerprint density at radius 3 is 2.81 bits per heavy atom. The van der Waals surface area contributed by atoms with E-state index in [0.29, 0.717) is 11.0 Å². The maximum atomic E-state index is 11.9. The molecule has 0 spiro atoms. The highest BCUT2D eigenvalue weighted by atomic mass is 32.2. The first-order valence-corrected chi connectivity index (χ1v) is 7.65. The Morgan fingerprint density at radius 1 is 1.43 bits per heavy atom. The van der Waals surface area contributed by atoms with Gasteiger partial charge in [0.05, 0.1) is 5.75 Å². The van der Waals surface area contributed by atoms with E-state index in [0.717, 1.165) is 11.3 Å². The number of anilines is 1. The van der Waals surface area contributed by atoms with Gasteiger partial charge in [-0.05, 0) is 24.6 Å². The van der Waals surface area contributed by atoms with E-state index < -0.39 is 0 Å². The quantitative estimate of drug-likeness (QED) is 0.653. The third-order valence-electron chi connectivity index (χ3n) is 2.84. The van der Waals surface area contributed by atoms with Crippen LogP contribution in [-0.4, -0.2) is 26.5 Å². The number of amides is 1. The molecule has 0 bridgehead atoms. The molecule has 1 amide bonds. The van der Waals surface area contributed by atoms with Gasteiger partial charge < -0.3 is 11.2 Å². The molecule has 0 unspecified atom stereocenters. The highest BCUT2D eigenvalue weighted by Gasteiger charge is 2.14. The summed E-state index contributed by atoms with van der Waals surface area (Å²) in [6.07, 6.45) is 0. The van der Waals surface area contributed by atoms with Gasteiger partial charge in [-0.1, -0.05) is 37.7 Å². The van der Waals surface area contributed by atoms with E-state index in [1.54, 1.807) is 0 Å². The first-order valence-electron chi connectivity index (χ1n) is 6.67. The van der Waals surface area contributed by atoms with Gasteiger partial charge in [-0.3, -0.25) is 4.79 Å². The normalized spacial score (nSPS) is 10.9. The van der Waals surface area contributed by atoms with Crippen molar-refractivity contribution in [2.75, 3.05) is 16.9 Å². The smallest absolute Gasteiger partial charge is 0.234 e. The summed E-state index contributed by atoms with van der Waals surface area (Å²) in [6.45, 7) is 5.97. The Kier molecular flexibility index (Phi) is 4.85. The molecule has 0 atom stereocenters. The number of hydrogen-bond acceptors (Lipinski definition) is 5. The number of nitrogens with zero attached hydrogens (tertiary/aromatic N) is 3. The standard InChI is InChI=1S/C14H19N5OS/c1-9(2)13-17-18-14(19(13)15)21-8-12(20)16-11-6-4-5-10(3)7-11/h4-7,9H,8,15H2,1-3H3,(H,16,20). The molecule has 0 aliphatic heterocycles. The Morgan fingerprint density at radius 2 is 2.19 bits per heavy atom. The van der Waals surface area contributed by atoms with Crippen molar-refractivity contribution in [2.24, 2.45) is 0 Å². The summed E-state index contributed by atoms with van der Waals surface area (Å²) in [4.78, 5) is 11.9. The lowest BCUT2D eigenvalue weighted by molar-refractivity contribution is -0.113. The predicted octanol–water partition coefficient (Wildman–Crippen LogP) is 2.15. The highest BCUT2D eigenvalue weighted by molar-refractivity contribution is 7.99. The molecule has 21 heavy (non-hydrogen) atoms. The molecule has 0 aliphatic rings. The molecule has 0 saturated heterocycles. The van der Waals surface area contributed by atoms with Gasteiger partial charge in [-0.25, -0.2) is 4.68 Å². The Labute approximate surface area is 128 Å². The lowest BCUT2D eigenvalue weighted by Gasteiger charge is -2.07. The van der Waals surface area contributed by atoms with Crippen molar-refractivity contribution in [1.82, 2.24) is 14.9 Å². The molecule has 1 heterocycles. The Balaban J connectivity index is 1.92. The second kappa shape index (κ2) is 6.62. The van der Waals surface area contributed by atoms with Crippen molar-refractivity contribution in [2.45, 2.75) is 31.8 Å². The van der Waals surface area contributed by atoms with Gasteiger partial charge in [0.15, 0.2) is 5.82 Å². The third kappa shape index (κ3) is 3.98. The summed E-state index contributed by atoms with van der Waals surface area (Å²) in [6, 6.07) is 7.67. The topological polar surface area (TPSA) is 85.8 Å². The molecular formula is C14H19N5OS. The van der Waals surface area contributed by atoms with Gasteiger partial charge in [0.2, 0.25) is 11.1 Å². The summed E-state index contributed by atoms with van der Waals surface area (Å²) in [7, 11) is 0. The molecule has 6 nitrogen and oxygen atoms in total. The fraction of sp³-hybridized carbons (Fsp3) is 0.357. The number of nitrogens with two attached hydrogens (primary N) is 1. The summed E-state index contributed by atoms with van der Waals surface area (Å²) in [5.41, 5.74) is 1.89. The maximum Gasteiger partial charge on any atom is 0.234 e. The molecule has 3 N–H and O–H groups in total. The largest absolute Gasteiger partial charge is 0.336 e. The SMILES string of the molecule is Cc1cccc(NC(=O)CSc2nnc(C(C)C)n2N)c1. The summed E-state index contributed by atoms with van der Waals surface area (Å²) < 4.78 is 1.44. The first-order chi connectivity index (χ1) is 9.97. The predicted molar refractivity (Wildman–Crippen MR) is 84.8 cm³/mol. The van der Waals surface area contributed by atoms with Crippen LogP contribution in [0.15, 0.2) is 29.4 Å². The molecule has 0 aliphatic carbocycles. The van der Waals surface area contributed by atoms with Gasteiger partial charge in [-0.2, -0.15) is 0 Å². The fourth-order valence-electron chi connectivity index (χ4n) is 1.83.